The minimum absolute atomic E-state index is 0.0690. The quantitative estimate of drug-likeness (QED) is 0.488. The summed E-state index contributed by atoms with van der Waals surface area (Å²) < 4.78 is 30.9. The molecule has 0 spiro atoms. The van der Waals surface area contributed by atoms with E-state index >= 15 is 0 Å². The van der Waals surface area contributed by atoms with E-state index in [-0.39, 0.29) is 24.2 Å². The number of nitrogens with zero attached hydrogens (tertiary/aromatic N) is 2. The molecule has 0 N–H and O–H groups in total. The van der Waals surface area contributed by atoms with E-state index in [9.17, 15) is 9.18 Å². The molecule has 0 aromatic heterocycles. The first-order chi connectivity index (χ1) is 17.1. The molecule has 5 rings (SSSR count). The second kappa shape index (κ2) is 9.88. The summed E-state index contributed by atoms with van der Waals surface area (Å²) >= 11 is 0. The predicted molar refractivity (Wildman–Crippen MR) is 130 cm³/mol. The Labute approximate surface area is 203 Å². The Balaban J connectivity index is 1.46. The molecule has 35 heavy (non-hydrogen) atoms. The molecule has 0 saturated heterocycles. The van der Waals surface area contributed by atoms with Crippen LogP contribution in [0.1, 0.15) is 34.7 Å². The highest BCUT2D eigenvalue weighted by Gasteiger charge is 2.44. The Hall–Kier alpha value is -3.71. The molecule has 2 atom stereocenters. The van der Waals surface area contributed by atoms with Crippen molar-refractivity contribution < 1.29 is 23.4 Å². The minimum Gasteiger partial charge on any atom is -0.497 e. The zero-order chi connectivity index (χ0) is 24.4. The van der Waals surface area contributed by atoms with Gasteiger partial charge < -0.3 is 14.2 Å². The molecule has 1 aliphatic heterocycles. The highest BCUT2D eigenvalue weighted by Crippen LogP contribution is 2.44. The standard InChI is InChI=1S/C28H27FN2O4/c1-33-21-11-8-19-9-12-22-27(23(19)15-21)30-31(26(32)17-35-16-18-6-4-3-5-7-18)28(22)20-10-13-25(34-2)24(29)14-20/h3-8,10-11,13-15,22,28H,9,12,16-17H2,1-2H3/t22-,28+/m1/s1. The van der Waals surface area contributed by atoms with Gasteiger partial charge in [0.2, 0.25) is 0 Å². The van der Waals surface area contributed by atoms with Gasteiger partial charge in [0.05, 0.1) is 32.6 Å². The zero-order valence-corrected chi connectivity index (χ0v) is 19.7. The highest BCUT2D eigenvalue weighted by atomic mass is 19.1. The number of halogens is 1. The SMILES string of the molecule is COc1ccc2c(c1)C1=NN(C(=O)COCc3ccccc3)[C@@H](c3ccc(OC)c(F)c3)[C@@H]1CC2. The Morgan fingerprint density at radius 2 is 1.89 bits per heavy atom. The van der Waals surface area contributed by atoms with E-state index in [2.05, 4.69) is 0 Å². The highest BCUT2D eigenvalue weighted by molar-refractivity contribution is 6.07. The van der Waals surface area contributed by atoms with Crippen molar-refractivity contribution in [2.24, 2.45) is 11.0 Å². The van der Waals surface area contributed by atoms with E-state index in [1.807, 2.05) is 48.5 Å². The number of benzene rings is 3. The lowest BCUT2D eigenvalue weighted by Gasteiger charge is -2.30. The topological polar surface area (TPSA) is 60.4 Å². The number of methoxy groups -OCH3 is 2. The van der Waals surface area contributed by atoms with E-state index in [0.29, 0.717) is 12.2 Å². The lowest BCUT2D eigenvalue weighted by molar-refractivity contribution is -0.139. The number of fused-ring (bicyclic) bond motifs is 3. The van der Waals surface area contributed by atoms with Crippen LogP contribution in [0.3, 0.4) is 0 Å². The molecule has 2 aliphatic rings. The summed E-state index contributed by atoms with van der Waals surface area (Å²) in [6.07, 6.45) is 1.63. The molecule has 0 radical (unpaired) electrons. The van der Waals surface area contributed by atoms with Gasteiger partial charge in [-0.05, 0) is 53.8 Å². The molecule has 0 unspecified atom stereocenters. The van der Waals surface area contributed by atoms with E-state index < -0.39 is 11.9 Å². The Morgan fingerprint density at radius 1 is 1.06 bits per heavy atom. The first-order valence-electron chi connectivity index (χ1n) is 11.6. The molecule has 1 amide bonds. The number of hydrogen-bond acceptors (Lipinski definition) is 5. The average molecular weight is 475 g/mol. The fourth-order valence-corrected chi connectivity index (χ4v) is 4.92. The molecule has 3 aromatic carbocycles. The molecule has 1 heterocycles. The summed E-state index contributed by atoms with van der Waals surface area (Å²) in [6.45, 7) is 0.195. The van der Waals surface area contributed by atoms with Crippen molar-refractivity contribution in [1.29, 1.82) is 0 Å². The number of ether oxygens (including phenoxy) is 3. The van der Waals surface area contributed by atoms with Crippen molar-refractivity contribution in [3.05, 3.63) is 94.8 Å². The first-order valence-corrected chi connectivity index (χ1v) is 11.6. The van der Waals surface area contributed by atoms with E-state index in [1.54, 1.807) is 19.2 Å². The fraction of sp³-hybridized carbons (Fsp3) is 0.286. The van der Waals surface area contributed by atoms with Crippen molar-refractivity contribution in [3.8, 4) is 11.5 Å². The maximum atomic E-state index is 14.7. The van der Waals surface area contributed by atoms with Gasteiger partial charge >= 0.3 is 0 Å². The van der Waals surface area contributed by atoms with Crippen LogP contribution < -0.4 is 9.47 Å². The second-order valence-corrected chi connectivity index (χ2v) is 8.71. The van der Waals surface area contributed by atoms with Gasteiger partial charge in [-0.15, -0.1) is 0 Å². The van der Waals surface area contributed by atoms with Gasteiger partial charge in [-0.3, -0.25) is 4.79 Å². The Bertz CT molecular complexity index is 1260. The molecule has 180 valence electrons. The molecule has 7 heteroatoms. The summed E-state index contributed by atoms with van der Waals surface area (Å²) in [5, 5.41) is 6.27. The third kappa shape index (κ3) is 4.51. The van der Waals surface area contributed by atoms with Gasteiger partial charge in [0.15, 0.2) is 11.6 Å². The number of carbonyl (C=O) groups excluding carboxylic acids is 1. The number of amides is 1. The molecular formula is C28H27FN2O4. The van der Waals surface area contributed by atoms with Crippen LogP contribution in [0.15, 0.2) is 71.8 Å². The second-order valence-electron chi connectivity index (χ2n) is 8.71. The molecular weight excluding hydrogens is 447 g/mol. The monoisotopic (exact) mass is 474 g/mol. The third-order valence-electron chi connectivity index (χ3n) is 6.64. The van der Waals surface area contributed by atoms with E-state index in [4.69, 9.17) is 19.3 Å². The summed E-state index contributed by atoms with van der Waals surface area (Å²) in [4.78, 5) is 13.4. The van der Waals surface area contributed by atoms with E-state index in [1.165, 1.54) is 18.2 Å². The number of hydrogen-bond donors (Lipinski definition) is 0. The van der Waals surface area contributed by atoms with Gasteiger partial charge in [0, 0.05) is 11.5 Å². The van der Waals surface area contributed by atoms with Crippen LogP contribution >= 0.6 is 0 Å². The van der Waals surface area contributed by atoms with Gasteiger partial charge in [-0.25, -0.2) is 9.40 Å². The molecule has 0 fully saturated rings. The van der Waals surface area contributed by atoms with E-state index in [0.717, 1.165) is 41.0 Å². The predicted octanol–water partition coefficient (Wildman–Crippen LogP) is 4.91. The van der Waals surface area contributed by atoms with Crippen LogP contribution in [-0.4, -0.2) is 37.5 Å². The van der Waals surface area contributed by atoms with Gasteiger partial charge in [-0.1, -0.05) is 42.5 Å². The number of carbonyl (C=O) groups is 1. The molecule has 6 nitrogen and oxygen atoms in total. The molecule has 0 bridgehead atoms. The smallest absolute Gasteiger partial charge is 0.269 e. The van der Waals surface area contributed by atoms with Crippen molar-refractivity contribution >= 4 is 11.6 Å². The number of aryl methyl sites for hydroxylation is 1. The summed E-state index contributed by atoms with van der Waals surface area (Å²) in [5.74, 6) is 0.0869. The molecule has 1 aliphatic carbocycles. The largest absolute Gasteiger partial charge is 0.497 e. The fourth-order valence-electron chi connectivity index (χ4n) is 4.92. The van der Waals surface area contributed by atoms with Crippen LogP contribution in [0.5, 0.6) is 11.5 Å². The first kappa shape index (κ1) is 23.1. The van der Waals surface area contributed by atoms with Gasteiger partial charge in [0.25, 0.3) is 5.91 Å². The maximum Gasteiger partial charge on any atom is 0.269 e. The van der Waals surface area contributed by atoms with Gasteiger partial charge in [0.1, 0.15) is 12.4 Å². The van der Waals surface area contributed by atoms with Crippen LogP contribution in [0.2, 0.25) is 0 Å². The van der Waals surface area contributed by atoms with Crippen molar-refractivity contribution in [2.45, 2.75) is 25.5 Å². The normalized spacial score (nSPS) is 18.5. The van der Waals surface area contributed by atoms with Crippen molar-refractivity contribution in [2.75, 3.05) is 20.8 Å². The lowest BCUT2D eigenvalue weighted by atomic mass is 9.77. The van der Waals surface area contributed by atoms with Crippen LogP contribution in [0.4, 0.5) is 4.39 Å². The summed E-state index contributed by atoms with van der Waals surface area (Å²) in [7, 11) is 3.06. The third-order valence-corrected chi connectivity index (χ3v) is 6.64. The Morgan fingerprint density at radius 3 is 2.63 bits per heavy atom. The lowest BCUT2D eigenvalue weighted by Crippen LogP contribution is -2.34. The number of rotatable bonds is 7. The molecule has 3 aromatic rings. The van der Waals surface area contributed by atoms with Crippen LogP contribution in [0, 0.1) is 11.7 Å². The summed E-state index contributed by atoms with van der Waals surface area (Å²) in [5.41, 5.74) is 4.62. The van der Waals surface area contributed by atoms with Crippen LogP contribution in [0.25, 0.3) is 0 Å². The van der Waals surface area contributed by atoms with Crippen molar-refractivity contribution in [3.63, 3.8) is 0 Å². The number of hydrazone groups is 1. The van der Waals surface area contributed by atoms with Crippen LogP contribution in [-0.2, 0) is 22.6 Å². The zero-order valence-electron chi connectivity index (χ0n) is 19.7. The van der Waals surface area contributed by atoms with Crippen molar-refractivity contribution in [1.82, 2.24) is 5.01 Å². The minimum atomic E-state index is -0.468. The summed E-state index contributed by atoms with van der Waals surface area (Å²) in [6, 6.07) is 20.0. The molecule has 0 saturated carbocycles. The van der Waals surface area contributed by atoms with Gasteiger partial charge in [-0.2, -0.15) is 5.10 Å². The average Bonchev–Trinajstić information content (AvgIpc) is 3.29. The maximum absolute atomic E-state index is 14.7. The Kier molecular flexibility index (Phi) is 6.51.